The summed E-state index contributed by atoms with van der Waals surface area (Å²) in [6, 6.07) is 14.4. The van der Waals surface area contributed by atoms with Gasteiger partial charge in [0, 0.05) is 42.6 Å². The molecule has 0 unspecified atom stereocenters. The van der Waals surface area contributed by atoms with Crippen molar-refractivity contribution in [2.45, 2.75) is 0 Å². The van der Waals surface area contributed by atoms with Gasteiger partial charge in [-0.15, -0.1) is 22.7 Å². The van der Waals surface area contributed by atoms with E-state index in [0.29, 0.717) is 0 Å². The average Bonchev–Trinajstić information content (AvgIpc) is 3.30. The van der Waals surface area contributed by atoms with E-state index in [-0.39, 0.29) is 31.0 Å². The largest absolute Gasteiger partial charge is 0.507 e. The summed E-state index contributed by atoms with van der Waals surface area (Å²) in [5.74, 6) is 0.569. The van der Waals surface area contributed by atoms with E-state index in [1.807, 2.05) is 35.0 Å². The molecule has 4 aromatic rings. The molecule has 25 heavy (non-hydrogen) atoms. The van der Waals surface area contributed by atoms with Crippen LogP contribution in [0.5, 0.6) is 11.5 Å². The molecule has 0 bridgehead atoms. The minimum atomic E-state index is 0. The van der Waals surface area contributed by atoms with Gasteiger partial charge >= 0.3 is 0 Å². The molecule has 0 saturated heterocycles. The molecular formula is C18H14N2O2S2Zn. The van der Waals surface area contributed by atoms with E-state index in [4.69, 9.17) is 0 Å². The van der Waals surface area contributed by atoms with Crippen molar-refractivity contribution in [3.63, 3.8) is 0 Å². The van der Waals surface area contributed by atoms with Gasteiger partial charge in [0.1, 0.15) is 21.5 Å². The second-order valence-corrected chi connectivity index (χ2v) is 6.50. The maximum absolute atomic E-state index is 9.45. The first-order chi connectivity index (χ1) is 11.8. The summed E-state index contributed by atoms with van der Waals surface area (Å²) in [6.07, 6.45) is 3.46. The molecule has 0 aliphatic heterocycles. The van der Waals surface area contributed by atoms with Crippen LogP contribution >= 0.6 is 22.7 Å². The molecule has 0 aliphatic carbocycles. The Morgan fingerprint density at radius 1 is 0.640 bits per heavy atom. The van der Waals surface area contributed by atoms with Gasteiger partial charge in [0.2, 0.25) is 0 Å². The van der Waals surface area contributed by atoms with E-state index in [1.54, 1.807) is 36.7 Å². The number of rotatable bonds is 2. The zero-order chi connectivity index (χ0) is 16.8. The number of aromatic hydroxyl groups is 2. The van der Waals surface area contributed by atoms with Crippen molar-refractivity contribution in [2.24, 2.45) is 0 Å². The molecule has 2 heterocycles. The first-order valence-electron chi connectivity index (χ1n) is 7.11. The molecule has 122 valence electrons. The monoisotopic (exact) mass is 418 g/mol. The molecule has 4 rings (SSSR count). The Hall–Kier alpha value is -2.08. The Morgan fingerprint density at radius 3 is 1.36 bits per heavy atom. The minimum absolute atomic E-state index is 0. The van der Waals surface area contributed by atoms with Crippen molar-refractivity contribution < 1.29 is 29.7 Å². The van der Waals surface area contributed by atoms with Crippen LogP contribution in [0.25, 0.3) is 21.1 Å². The summed E-state index contributed by atoms with van der Waals surface area (Å²) in [5, 5.41) is 24.4. The summed E-state index contributed by atoms with van der Waals surface area (Å²) >= 11 is 3.04. The molecule has 0 amide bonds. The molecule has 0 spiro atoms. The van der Waals surface area contributed by atoms with E-state index in [9.17, 15) is 10.2 Å². The fourth-order valence-electron chi connectivity index (χ4n) is 2.02. The molecule has 2 aromatic carbocycles. The third-order valence-electron chi connectivity index (χ3n) is 3.13. The predicted octanol–water partition coefficient (Wildman–Crippen LogP) is 5.03. The second-order valence-electron chi connectivity index (χ2n) is 4.71. The Kier molecular flexibility index (Phi) is 7.25. The van der Waals surface area contributed by atoms with Gasteiger partial charge in [0.15, 0.2) is 0 Å². The number of aromatic nitrogens is 2. The predicted molar refractivity (Wildman–Crippen MR) is 98.4 cm³/mol. The quantitative estimate of drug-likeness (QED) is 0.447. The number of hydrogen-bond acceptors (Lipinski definition) is 6. The molecule has 4 nitrogen and oxygen atoms in total. The van der Waals surface area contributed by atoms with Gasteiger partial charge in [-0.05, 0) is 24.3 Å². The zero-order valence-corrected chi connectivity index (χ0v) is 17.8. The minimum Gasteiger partial charge on any atom is -0.507 e. The average molecular weight is 420 g/mol. The van der Waals surface area contributed by atoms with Gasteiger partial charge in [-0.1, -0.05) is 24.3 Å². The number of nitrogens with zero attached hydrogens (tertiary/aromatic N) is 2. The molecule has 0 fully saturated rings. The van der Waals surface area contributed by atoms with Gasteiger partial charge in [-0.3, -0.25) is 0 Å². The maximum atomic E-state index is 9.45. The van der Waals surface area contributed by atoms with Gasteiger partial charge in [0.25, 0.3) is 0 Å². The second kappa shape index (κ2) is 9.42. The SMILES string of the molecule is Oc1ccccc1-c1nccs1.Oc1ccccc1-c1nccs1.[Zn]. The first-order valence-corrected chi connectivity index (χ1v) is 8.87. The summed E-state index contributed by atoms with van der Waals surface area (Å²) in [4.78, 5) is 8.21. The van der Waals surface area contributed by atoms with Gasteiger partial charge in [0.05, 0.1) is 11.1 Å². The number of phenols is 2. The molecule has 0 atom stereocenters. The van der Waals surface area contributed by atoms with Gasteiger partial charge in [-0.25, -0.2) is 9.97 Å². The van der Waals surface area contributed by atoms with Crippen LogP contribution in [0.4, 0.5) is 0 Å². The number of phenolic OH excluding ortho intramolecular Hbond substituents is 2. The van der Waals surface area contributed by atoms with Crippen molar-refractivity contribution in [3.8, 4) is 32.6 Å². The van der Waals surface area contributed by atoms with Crippen LogP contribution in [0.15, 0.2) is 71.7 Å². The van der Waals surface area contributed by atoms with E-state index in [2.05, 4.69) is 9.97 Å². The molecule has 7 heteroatoms. The van der Waals surface area contributed by atoms with Crippen LogP contribution in [0.1, 0.15) is 0 Å². The third kappa shape index (κ3) is 4.95. The van der Waals surface area contributed by atoms with Crippen LogP contribution < -0.4 is 0 Å². The van der Waals surface area contributed by atoms with Crippen LogP contribution in [0.3, 0.4) is 0 Å². The van der Waals surface area contributed by atoms with Crippen LogP contribution in [0.2, 0.25) is 0 Å². The van der Waals surface area contributed by atoms with Crippen LogP contribution in [-0.2, 0) is 19.5 Å². The van der Waals surface area contributed by atoms with Crippen LogP contribution in [0, 0.1) is 0 Å². The zero-order valence-electron chi connectivity index (χ0n) is 13.2. The number of benzene rings is 2. The molecule has 0 radical (unpaired) electrons. The van der Waals surface area contributed by atoms with Crippen molar-refractivity contribution in [2.75, 3.05) is 0 Å². The Bertz CT molecular complexity index is 821. The third-order valence-corrected chi connectivity index (χ3v) is 4.75. The van der Waals surface area contributed by atoms with Gasteiger partial charge < -0.3 is 10.2 Å². The molecule has 0 saturated carbocycles. The summed E-state index contributed by atoms with van der Waals surface area (Å²) in [5.41, 5.74) is 1.60. The molecular weight excluding hydrogens is 406 g/mol. The Morgan fingerprint density at radius 2 is 1.04 bits per heavy atom. The fraction of sp³-hybridized carbons (Fsp3) is 0. The summed E-state index contributed by atoms with van der Waals surface area (Å²) < 4.78 is 0. The smallest absolute Gasteiger partial charge is 0.126 e. The molecule has 0 aliphatic rings. The van der Waals surface area contributed by atoms with Gasteiger partial charge in [-0.2, -0.15) is 0 Å². The number of hydrogen-bond donors (Lipinski definition) is 2. The van der Waals surface area contributed by atoms with Crippen LogP contribution in [-0.4, -0.2) is 20.2 Å². The number of para-hydroxylation sites is 2. The van der Waals surface area contributed by atoms with E-state index >= 15 is 0 Å². The standard InChI is InChI=1S/2C9H7NOS.Zn/c2*11-8-4-2-1-3-7(8)9-10-5-6-12-9;/h2*1-6,11H;. The Balaban J connectivity index is 0.000000173. The normalized spacial score (nSPS) is 9.60. The first kappa shape index (κ1) is 19.3. The van der Waals surface area contributed by atoms with E-state index < -0.39 is 0 Å². The summed E-state index contributed by atoms with van der Waals surface area (Å²) in [7, 11) is 0. The van der Waals surface area contributed by atoms with Crippen molar-refractivity contribution >= 4 is 22.7 Å². The summed E-state index contributed by atoms with van der Waals surface area (Å²) in [6.45, 7) is 0. The van der Waals surface area contributed by atoms with Crippen molar-refractivity contribution in [1.29, 1.82) is 0 Å². The van der Waals surface area contributed by atoms with Crippen molar-refractivity contribution in [3.05, 3.63) is 71.7 Å². The maximum Gasteiger partial charge on any atom is 0.126 e. The number of thiazole rings is 2. The van der Waals surface area contributed by atoms with E-state index in [1.165, 1.54) is 22.7 Å². The Labute approximate surface area is 166 Å². The topological polar surface area (TPSA) is 66.2 Å². The van der Waals surface area contributed by atoms with E-state index in [0.717, 1.165) is 21.1 Å². The molecule has 2 N–H and O–H groups in total. The fourth-order valence-corrected chi connectivity index (χ4v) is 3.37. The molecule has 2 aromatic heterocycles. The van der Waals surface area contributed by atoms with Crippen molar-refractivity contribution in [1.82, 2.24) is 9.97 Å².